The third kappa shape index (κ3) is 3.88. The molecule has 0 aliphatic heterocycles. The average Bonchev–Trinajstić information content (AvgIpc) is 2.86. The van der Waals surface area contributed by atoms with Crippen molar-refractivity contribution in [2.75, 3.05) is 0 Å². The van der Waals surface area contributed by atoms with Crippen molar-refractivity contribution in [3.63, 3.8) is 0 Å². The fourth-order valence-corrected chi connectivity index (χ4v) is 2.92. The van der Waals surface area contributed by atoms with Gasteiger partial charge in [0.1, 0.15) is 0 Å². The fraction of sp³-hybridized carbons (Fsp3) is 0.438. The molecule has 0 saturated heterocycles. The van der Waals surface area contributed by atoms with Crippen LogP contribution >= 0.6 is 11.3 Å². The normalized spacial score (nSPS) is 13.5. The number of rotatable bonds is 4. The van der Waals surface area contributed by atoms with Gasteiger partial charge in [0.05, 0.1) is 0 Å². The molecule has 3 heteroatoms. The largest absolute Gasteiger partial charge is 0.305 e. The molecule has 0 aliphatic carbocycles. The highest BCUT2D eigenvalue weighted by Gasteiger charge is 2.16. The SMILES string of the molecule is C[C@H](NCc1ccc(C(C)(C)C)s1)c1ccncc1. The molecule has 2 aromatic rings. The Kier molecular flexibility index (Phi) is 4.38. The van der Waals surface area contributed by atoms with E-state index in [1.54, 1.807) is 0 Å². The number of hydrogen-bond acceptors (Lipinski definition) is 3. The van der Waals surface area contributed by atoms with Gasteiger partial charge in [-0.15, -0.1) is 11.3 Å². The molecule has 0 saturated carbocycles. The van der Waals surface area contributed by atoms with E-state index in [-0.39, 0.29) is 5.41 Å². The molecule has 19 heavy (non-hydrogen) atoms. The van der Waals surface area contributed by atoms with E-state index in [4.69, 9.17) is 0 Å². The van der Waals surface area contributed by atoms with E-state index in [0.717, 1.165) is 6.54 Å². The molecule has 0 spiro atoms. The molecule has 1 atom stereocenters. The maximum absolute atomic E-state index is 4.05. The van der Waals surface area contributed by atoms with Gasteiger partial charge < -0.3 is 5.32 Å². The molecule has 2 rings (SSSR count). The van der Waals surface area contributed by atoms with Crippen molar-refractivity contribution < 1.29 is 0 Å². The first kappa shape index (κ1) is 14.2. The van der Waals surface area contributed by atoms with Crippen molar-refractivity contribution in [3.8, 4) is 0 Å². The molecule has 102 valence electrons. The first-order valence-corrected chi connectivity index (χ1v) is 7.51. The minimum atomic E-state index is 0.250. The summed E-state index contributed by atoms with van der Waals surface area (Å²) in [6, 6.07) is 8.96. The van der Waals surface area contributed by atoms with Crippen LogP contribution in [-0.2, 0) is 12.0 Å². The third-order valence-electron chi connectivity index (χ3n) is 3.19. The average molecular weight is 274 g/mol. The Labute approximate surface area is 119 Å². The second-order valence-electron chi connectivity index (χ2n) is 5.90. The van der Waals surface area contributed by atoms with Crippen LogP contribution in [0.1, 0.15) is 49.1 Å². The van der Waals surface area contributed by atoms with Crippen LogP contribution in [0.5, 0.6) is 0 Å². The minimum Gasteiger partial charge on any atom is -0.305 e. The van der Waals surface area contributed by atoms with Gasteiger partial charge in [0.15, 0.2) is 0 Å². The summed E-state index contributed by atoms with van der Waals surface area (Å²) < 4.78 is 0. The molecule has 0 fully saturated rings. The highest BCUT2D eigenvalue weighted by molar-refractivity contribution is 7.12. The summed E-state index contributed by atoms with van der Waals surface area (Å²) in [6.45, 7) is 9.89. The molecular formula is C16H22N2S. The number of thiophene rings is 1. The lowest BCUT2D eigenvalue weighted by Crippen LogP contribution is -2.17. The van der Waals surface area contributed by atoms with E-state index in [9.17, 15) is 0 Å². The second-order valence-corrected chi connectivity index (χ2v) is 7.07. The molecule has 2 heterocycles. The van der Waals surface area contributed by atoms with Crippen molar-refractivity contribution in [2.24, 2.45) is 0 Å². The number of nitrogens with zero attached hydrogens (tertiary/aromatic N) is 1. The van der Waals surface area contributed by atoms with Gasteiger partial charge in [-0.05, 0) is 42.2 Å². The molecule has 0 unspecified atom stereocenters. The molecule has 2 nitrogen and oxygen atoms in total. The molecule has 0 bridgehead atoms. The van der Waals surface area contributed by atoms with E-state index in [2.05, 4.69) is 62.3 Å². The molecule has 0 amide bonds. The summed E-state index contributed by atoms with van der Waals surface area (Å²) in [6.07, 6.45) is 3.69. The van der Waals surface area contributed by atoms with E-state index >= 15 is 0 Å². The second kappa shape index (κ2) is 5.85. The van der Waals surface area contributed by atoms with Crippen LogP contribution in [0.4, 0.5) is 0 Å². The lowest BCUT2D eigenvalue weighted by Gasteiger charge is -2.15. The Morgan fingerprint density at radius 1 is 1.16 bits per heavy atom. The Morgan fingerprint density at radius 3 is 2.42 bits per heavy atom. The Hall–Kier alpha value is -1.19. The molecular weight excluding hydrogens is 252 g/mol. The zero-order chi connectivity index (χ0) is 13.9. The molecule has 1 N–H and O–H groups in total. The highest BCUT2D eigenvalue weighted by Crippen LogP contribution is 2.29. The monoisotopic (exact) mass is 274 g/mol. The Bertz CT molecular complexity index is 511. The molecule has 0 radical (unpaired) electrons. The van der Waals surface area contributed by atoms with Crippen LogP contribution in [0, 0.1) is 0 Å². The van der Waals surface area contributed by atoms with Gasteiger partial charge in [0, 0.05) is 34.7 Å². The van der Waals surface area contributed by atoms with E-state index in [0.29, 0.717) is 6.04 Å². The summed E-state index contributed by atoms with van der Waals surface area (Å²) in [5, 5.41) is 3.56. The predicted octanol–water partition coefficient (Wildman–Crippen LogP) is 4.29. The maximum atomic E-state index is 4.05. The third-order valence-corrected chi connectivity index (χ3v) is 4.70. The first-order valence-electron chi connectivity index (χ1n) is 6.69. The molecule has 0 aromatic carbocycles. The van der Waals surface area contributed by atoms with Crippen molar-refractivity contribution in [3.05, 3.63) is 52.0 Å². The number of pyridine rings is 1. The lowest BCUT2D eigenvalue weighted by atomic mass is 9.95. The van der Waals surface area contributed by atoms with E-state index < -0.39 is 0 Å². The molecule has 2 aromatic heterocycles. The van der Waals surface area contributed by atoms with Crippen LogP contribution in [-0.4, -0.2) is 4.98 Å². The van der Waals surface area contributed by atoms with Gasteiger partial charge >= 0.3 is 0 Å². The van der Waals surface area contributed by atoms with E-state index in [1.165, 1.54) is 15.3 Å². The summed E-state index contributed by atoms with van der Waals surface area (Å²) in [5.74, 6) is 0. The van der Waals surface area contributed by atoms with E-state index in [1.807, 2.05) is 23.7 Å². The first-order chi connectivity index (χ1) is 8.97. The van der Waals surface area contributed by atoms with Crippen LogP contribution in [0.2, 0.25) is 0 Å². The fourth-order valence-electron chi connectivity index (χ4n) is 1.90. The zero-order valence-corrected chi connectivity index (χ0v) is 12.9. The lowest BCUT2D eigenvalue weighted by molar-refractivity contribution is 0.578. The van der Waals surface area contributed by atoms with Crippen molar-refractivity contribution in [2.45, 2.75) is 45.7 Å². The minimum absolute atomic E-state index is 0.250. The maximum Gasteiger partial charge on any atom is 0.0305 e. The Balaban J connectivity index is 1.94. The standard InChI is InChI=1S/C16H22N2S/c1-12(13-7-9-17-10-8-13)18-11-14-5-6-15(19-14)16(2,3)4/h5-10,12,18H,11H2,1-4H3/t12-/m0/s1. The van der Waals surface area contributed by atoms with Gasteiger partial charge in [-0.25, -0.2) is 0 Å². The van der Waals surface area contributed by atoms with Crippen LogP contribution in [0.3, 0.4) is 0 Å². The quantitative estimate of drug-likeness (QED) is 0.899. The van der Waals surface area contributed by atoms with Crippen molar-refractivity contribution >= 4 is 11.3 Å². The Morgan fingerprint density at radius 2 is 1.84 bits per heavy atom. The van der Waals surface area contributed by atoms with Gasteiger partial charge in [-0.3, -0.25) is 4.98 Å². The summed E-state index contributed by atoms with van der Waals surface area (Å²) in [7, 11) is 0. The smallest absolute Gasteiger partial charge is 0.0305 e. The zero-order valence-electron chi connectivity index (χ0n) is 12.1. The number of nitrogens with one attached hydrogen (secondary N) is 1. The summed E-state index contributed by atoms with van der Waals surface area (Å²) in [4.78, 5) is 6.89. The van der Waals surface area contributed by atoms with Crippen LogP contribution < -0.4 is 5.32 Å². The van der Waals surface area contributed by atoms with Gasteiger partial charge in [0.2, 0.25) is 0 Å². The summed E-state index contributed by atoms with van der Waals surface area (Å²) >= 11 is 1.90. The van der Waals surface area contributed by atoms with Gasteiger partial charge in [-0.2, -0.15) is 0 Å². The van der Waals surface area contributed by atoms with Crippen LogP contribution in [0.25, 0.3) is 0 Å². The molecule has 0 aliphatic rings. The van der Waals surface area contributed by atoms with Gasteiger partial charge in [-0.1, -0.05) is 20.8 Å². The highest BCUT2D eigenvalue weighted by atomic mass is 32.1. The van der Waals surface area contributed by atoms with Crippen LogP contribution in [0.15, 0.2) is 36.7 Å². The topological polar surface area (TPSA) is 24.9 Å². The van der Waals surface area contributed by atoms with Crippen molar-refractivity contribution in [1.29, 1.82) is 0 Å². The predicted molar refractivity (Wildman–Crippen MR) is 82.5 cm³/mol. The number of hydrogen-bond donors (Lipinski definition) is 1. The van der Waals surface area contributed by atoms with Crippen molar-refractivity contribution in [1.82, 2.24) is 10.3 Å². The summed E-state index contributed by atoms with van der Waals surface area (Å²) in [5.41, 5.74) is 1.53. The number of aromatic nitrogens is 1. The van der Waals surface area contributed by atoms with Gasteiger partial charge in [0.25, 0.3) is 0 Å².